The molecule has 2 aliphatic rings. The minimum absolute atomic E-state index is 0.175. The third-order valence-corrected chi connectivity index (χ3v) is 4.32. The van der Waals surface area contributed by atoms with E-state index < -0.39 is 5.60 Å². The molecule has 18 heavy (non-hydrogen) atoms. The van der Waals surface area contributed by atoms with Crippen molar-refractivity contribution in [2.75, 3.05) is 19.6 Å². The van der Waals surface area contributed by atoms with E-state index in [1.807, 2.05) is 6.92 Å². The highest BCUT2D eigenvalue weighted by Gasteiger charge is 2.38. The van der Waals surface area contributed by atoms with Gasteiger partial charge in [0.05, 0.1) is 5.60 Å². The number of hydrogen-bond donors (Lipinski definition) is 2. The number of nitrogens with zero attached hydrogens (tertiary/aromatic N) is 1. The fraction of sp³-hybridized carbons (Fsp3) is 0.929. The van der Waals surface area contributed by atoms with Crippen LogP contribution in [0.2, 0.25) is 0 Å². The summed E-state index contributed by atoms with van der Waals surface area (Å²) in [6.07, 6.45) is 7.47. The molecule has 0 atom stereocenters. The van der Waals surface area contributed by atoms with Crippen LogP contribution >= 0.6 is 0 Å². The first-order chi connectivity index (χ1) is 8.61. The van der Waals surface area contributed by atoms with Crippen LogP contribution in [0, 0.1) is 0 Å². The van der Waals surface area contributed by atoms with Gasteiger partial charge in [-0.2, -0.15) is 0 Å². The topological polar surface area (TPSA) is 52.6 Å². The second kappa shape index (κ2) is 6.02. The Morgan fingerprint density at radius 3 is 2.61 bits per heavy atom. The van der Waals surface area contributed by atoms with Gasteiger partial charge in [-0.15, -0.1) is 0 Å². The molecule has 0 unspecified atom stereocenters. The van der Waals surface area contributed by atoms with Gasteiger partial charge in [-0.1, -0.05) is 26.2 Å². The molecule has 4 nitrogen and oxygen atoms in total. The Bertz CT molecular complexity index is 282. The van der Waals surface area contributed by atoms with E-state index in [1.54, 1.807) is 0 Å². The molecule has 2 fully saturated rings. The van der Waals surface area contributed by atoms with Crippen molar-refractivity contribution in [1.82, 2.24) is 10.2 Å². The van der Waals surface area contributed by atoms with Crippen molar-refractivity contribution >= 4 is 5.91 Å². The molecule has 1 saturated carbocycles. The molecule has 1 aliphatic carbocycles. The lowest BCUT2D eigenvalue weighted by Crippen LogP contribution is -2.61. The molecule has 104 valence electrons. The normalized spacial score (nSPS) is 24.6. The second-order valence-corrected chi connectivity index (χ2v) is 5.94. The first-order valence-electron chi connectivity index (χ1n) is 7.35. The second-order valence-electron chi connectivity index (χ2n) is 5.94. The van der Waals surface area contributed by atoms with Gasteiger partial charge in [0.25, 0.3) is 0 Å². The van der Waals surface area contributed by atoms with Gasteiger partial charge in [0.15, 0.2) is 0 Å². The van der Waals surface area contributed by atoms with Gasteiger partial charge < -0.3 is 10.4 Å². The lowest BCUT2D eigenvalue weighted by Gasteiger charge is -2.46. The minimum atomic E-state index is -0.486. The van der Waals surface area contributed by atoms with Crippen molar-refractivity contribution in [2.24, 2.45) is 0 Å². The fourth-order valence-electron chi connectivity index (χ4n) is 2.97. The number of hydrogen-bond acceptors (Lipinski definition) is 3. The summed E-state index contributed by atoms with van der Waals surface area (Å²) in [5, 5.41) is 13.0. The van der Waals surface area contributed by atoms with Gasteiger partial charge in [0.1, 0.15) is 0 Å². The van der Waals surface area contributed by atoms with Crippen molar-refractivity contribution in [1.29, 1.82) is 0 Å². The summed E-state index contributed by atoms with van der Waals surface area (Å²) in [6, 6.07) is 0.412. The largest absolute Gasteiger partial charge is 0.387 e. The maximum atomic E-state index is 11.8. The van der Waals surface area contributed by atoms with E-state index in [2.05, 4.69) is 10.2 Å². The number of carbonyl (C=O) groups is 1. The van der Waals surface area contributed by atoms with Crippen molar-refractivity contribution in [2.45, 2.75) is 63.5 Å². The molecule has 0 radical (unpaired) electrons. The Morgan fingerprint density at radius 2 is 2.00 bits per heavy atom. The third kappa shape index (κ3) is 3.69. The van der Waals surface area contributed by atoms with Crippen molar-refractivity contribution < 1.29 is 9.90 Å². The maximum absolute atomic E-state index is 11.8. The quantitative estimate of drug-likeness (QED) is 0.777. The van der Waals surface area contributed by atoms with Crippen LogP contribution in [0.15, 0.2) is 0 Å². The Labute approximate surface area is 110 Å². The first kappa shape index (κ1) is 13.8. The molecule has 1 aliphatic heterocycles. The Hall–Kier alpha value is -0.610. The average molecular weight is 254 g/mol. The summed E-state index contributed by atoms with van der Waals surface area (Å²) in [5.41, 5.74) is -0.486. The van der Waals surface area contributed by atoms with E-state index in [9.17, 15) is 9.90 Å². The first-order valence-corrected chi connectivity index (χ1v) is 7.35. The molecule has 0 bridgehead atoms. The van der Waals surface area contributed by atoms with Crippen LogP contribution in [0.1, 0.15) is 51.9 Å². The SMILES string of the molecule is CCC1(O)CN(CCC(=O)NC2CCCCC2)C1. The molecule has 0 spiro atoms. The zero-order valence-corrected chi connectivity index (χ0v) is 11.5. The fourth-order valence-corrected chi connectivity index (χ4v) is 2.97. The number of nitrogens with one attached hydrogen (secondary N) is 1. The number of aliphatic hydroxyl groups is 1. The van der Waals surface area contributed by atoms with Crippen molar-refractivity contribution in [3.05, 3.63) is 0 Å². The molecule has 0 aromatic carbocycles. The average Bonchev–Trinajstić information content (AvgIpc) is 2.34. The number of β-amino-alcohol motifs (C(OH)–C–C–N with tert-alkyl or cyclic N) is 1. The van der Waals surface area contributed by atoms with Crippen LogP contribution in [0.3, 0.4) is 0 Å². The highest BCUT2D eigenvalue weighted by atomic mass is 16.3. The standard InChI is InChI=1S/C14H26N2O2/c1-2-14(18)10-16(11-14)9-8-13(17)15-12-6-4-3-5-7-12/h12,18H,2-11H2,1H3,(H,15,17). The van der Waals surface area contributed by atoms with E-state index in [4.69, 9.17) is 0 Å². The smallest absolute Gasteiger partial charge is 0.221 e. The highest BCUT2D eigenvalue weighted by Crippen LogP contribution is 2.23. The minimum Gasteiger partial charge on any atom is -0.387 e. The molecular weight excluding hydrogens is 228 g/mol. The Kier molecular flexibility index (Phi) is 4.62. The zero-order chi connectivity index (χ0) is 13.0. The van der Waals surface area contributed by atoms with Gasteiger partial charge in [-0.25, -0.2) is 0 Å². The predicted molar refractivity (Wildman–Crippen MR) is 71.3 cm³/mol. The van der Waals surface area contributed by atoms with Crippen LogP contribution in [0.4, 0.5) is 0 Å². The maximum Gasteiger partial charge on any atom is 0.221 e. The van der Waals surface area contributed by atoms with Crippen LogP contribution in [-0.2, 0) is 4.79 Å². The van der Waals surface area contributed by atoms with Gasteiger partial charge in [0.2, 0.25) is 5.91 Å². The van der Waals surface area contributed by atoms with Gasteiger partial charge in [-0.3, -0.25) is 9.69 Å². The Balaban J connectivity index is 1.58. The van der Waals surface area contributed by atoms with Gasteiger partial charge in [0, 0.05) is 32.1 Å². The van der Waals surface area contributed by atoms with Crippen LogP contribution in [-0.4, -0.2) is 47.2 Å². The van der Waals surface area contributed by atoms with Crippen LogP contribution in [0.5, 0.6) is 0 Å². The van der Waals surface area contributed by atoms with E-state index in [1.165, 1.54) is 19.3 Å². The summed E-state index contributed by atoms with van der Waals surface area (Å²) in [4.78, 5) is 13.9. The molecular formula is C14H26N2O2. The summed E-state index contributed by atoms with van der Waals surface area (Å²) >= 11 is 0. The number of likely N-dealkylation sites (tertiary alicyclic amines) is 1. The van der Waals surface area contributed by atoms with E-state index in [-0.39, 0.29) is 5.91 Å². The molecule has 2 rings (SSSR count). The number of rotatable bonds is 5. The van der Waals surface area contributed by atoms with E-state index in [0.717, 1.165) is 38.9 Å². The highest BCUT2D eigenvalue weighted by molar-refractivity contribution is 5.76. The summed E-state index contributed by atoms with van der Waals surface area (Å²) in [6.45, 7) is 4.23. The van der Waals surface area contributed by atoms with Crippen molar-refractivity contribution in [3.8, 4) is 0 Å². The van der Waals surface area contributed by atoms with Gasteiger partial charge >= 0.3 is 0 Å². The molecule has 1 amide bonds. The lowest BCUT2D eigenvalue weighted by atomic mass is 9.91. The molecule has 4 heteroatoms. The molecule has 0 aromatic rings. The summed E-state index contributed by atoms with van der Waals surface area (Å²) < 4.78 is 0. The zero-order valence-electron chi connectivity index (χ0n) is 11.5. The van der Waals surface area contributed by atoms with E-state index in [0.29, 0.717) is 12.5 Å². The molecule has 1 heterocycles. The number of amides is 1. The lowest BCUT2D eigenvalue weighted by molar-refractivity contribution is -0.126. The molecule has 1 saturated heterocycles. The monoisotopic (exact) mass is 254 g/mol. The summed E-state index contributed by atoms with van der Waals surface area (Å²) in [5.74, 6) is 0.175. The Morgan fingerprint density at radius 1 is 1.33 bits per heavy atom. The van der Waals surface area contributed by atoms with Crippen LogP contribution in [0.25, 0.3) is 0 Å². The van der Waals surface area contributed by atoms with E-state index >= 15 is 0 Å². The molecule has 0 aromatic heterocycles. The number of carbonyl (C=O) groups excluding carboxylic acids is 1. The van der Waals surface area contributed by atoms with Crippen LogP contribution < -0.4 is 5.32 Å². The summed E-state index contributed by atoms with van der Waals surface area (Å²) in [7, 11) is 0. The predicted octanol–water partition coefficient (Wildman–Crippen LogP) is 1.28. The van der Waals surface area contributed by atoms with Crippen molar-refractivity contribution in [3.63, 3.8) is 0 Å². The molecule has 2 N–H and O–H groups in total. The third-order valence-electron chi connectivity index (χ3n) is 4.32. The van der Waals surface area contributed by atoms with Gasteiger partial charge in [-0.05, 0) is 19.3 Å².